The molecule has 2 unspecified atom stereocenters. The molecule has 3 saturated heterocycles. The van der Waals surface area contributed by atoms with Gasteiger partial charge in [0.05, 0.1) is 17.6 Å². The SMILES string of the molecule is CC1(C)COB(/C(=C(\c2ccc(OCCN3CCC(CF)C3)cc2)c2ccc3c(c2)c(F)nn3C2CCCCO2)C2CCC2)OC1. The van der Waals surface area contributed by atoms with Gasteiger partial charge in [-0.1, -0.05) is 38.5 Å². The standard InChI is InChI=1S/C36H46BF2N3O4/c1-36(2)23-45-37(46-24-36)34(27-6-5-7-27)33(26-9-12-29(13-10-26)43-19-17-41-16-15-25(21-38)22-41)28-11-14-31-30(20-28)35(39)40-42(31)32-8-3-4-18-44-32/h9-14,20,25,27,32H,3-8,15-19,21-24H2,1-2H3/b34-33+. The van der Waals surface area contributed by atoms with Crippen molar-refractivity contribution in [2.24, 2.45) is 17.3 Å². The lowest BCUT2D eigenvalue weighted by atomic mass is 9.59. The van der Waals surface area contributed by atoms with Gasteiger partial charge in [-0.05, 0) is 97.4 Å². The van der Waals surface area contributed by atoms with Gasteiger partial charge in [-0.15, -0.1) is 5.10 Å². The largest absolute Gasteiger partial charge is 0.492 e. The van der Waals surface area contributed by atoms with Gasteiger partial charge in [-0.2, -0.15) is 4.39 Å². The second-order valence-electron chi connectivity index (χ2n) is 14.3. The number of halogens is 2. The summed E-state index contributed by atoms with van der Waals surface area (Å²) in [5.41, 5.74) is 4.77. The van der Waals surface area contributed by atoms with Gasteiger partial charge in [-0.3, -0.25) is 9.29 Å². The van der Waals surface area contributed by atoms with Gasteiger partial charge < -0.3 is 18.8 Å². The number of hydrogen-bond donors (Lipinski definition) is 0. The van der Waals surface area contributed by atoms with Gasteiger partial charge in [-0.25, -0.2) is 4.68 Å². The number of aromatic nitrogens is 2. The molecule has 4 fully saturated rings. The van der Waals surface area contributed by atoms with E-state index in [1.54, 1.807) is 4.68 Å². The van der Waals surface area contributed by atoms with Crippen LogP contribution in [0.15, 0.2) is 47.9 Å². The number of allylic oxidation sites excluding steroid dienone is 1. The van der Waals surface area contributed by atoms with Crippen molar-refractivity contribution in [2.45, 2.75) is 65.0 Å². The minimum absolute atomic E-state index is 0.0555. The molecule has 10 heteroatoms. The Labute approximate surface area is 271 Å². The molecule has 4 aliphatic rings. The summed E-state index contributed by atoms with van der Waals surface area (Å²) in [6, 6.07) is 14.2. The Bertz CT molecular complexity index is 1520. The van der Waals surface area contributed by atoms with E-state index in [1.807, 2.05) is 24.3 Å². The molecule has 3 aliphatic heterocycles. The molecule has 3 aromatic rings. The average molecular weight is 634 g/mol. The number of alkyl halides is 1. The summed E-state index contributed by atoms with van der Waals surface area (Å²) in [6.45, 7) is 9.02. The molecule has 46 heavy (non-hydrogen) atoms. The van der Waals surface area contributed by atoms with E-state index in [2.05, 4.69) is 42.0 Å². The van der Waals surface area contributed by atoms with Gasteiger partial charge in [0.25, 0.3) is 0 Å². The first-order valence-corrected chi connectivity index (χ1v) is 17.2. The van der Waals surface area contributed by atoms with E-state index in [9.17, 15) is 4.39 Å². The molecule has 246 valence electrons. The highest BCUT2D eigenvalue weighted by atomic mass is 19.1. The van der Waals surface area contributed by atoms with Gasteiger partial charge in [0, 0.05) is 44.2 Å². The Morgan fingerprint density at radius 2 is 1.78 bits per heavy atom. The molecule has 0 bridgehead atoms. The van der Waals surface area contributed by atoms with Crippen LogP contribution in [0.3, 0.4) is 0 Å². The van der Waals surface area contributed by atoms with Gasteiger partial charge in [0.15, 0.2) is 6.23 Å². The van der Waals surface area contributed by atoms with Crippen molar-refractivity contribution in [3.63, 3.8) is 0 Å². The van der Waals surface area contributed by atoms with Crippen LogP contribution in [0.2, 0.25) is 0 Å². The average Bonchev–Trinajstić information content (AvgIpc) is 3.65. The summed E-state index contributed by atoms with van der Waals surface area (Å²) < 4.78 is 55.2. The number of nitrogens with zero attached hydrogens (tertiary/aromatic N) is 3. The molecule has 0 spiro atoms. The fraction of sp³-hybridized carbons (Fsp3) is 0.583. The summed E-state index contributed by atoms with van der Waals surface area (Å²) >= 11 is 0. The Morgan fingerprint density at radius 1 is 1.00 bits per heavy atom. The van der Waals surface area contributed by atoms with Gasteiger partial charge in [0.2, 0.25) is 5.95 Å². The molecule has 0 radical (unpaired) electrons. The Kier molecular flexibility index (Phi) is 9.50. The molecule has 7 rings (SSSR count). The van der Waals surface area contributed by atoms with Crippen LogP contribution in [0.1, 0.15) is 76.1 Å². The van der Waals surface area contributed by atoms with E-state index in [4.69, 9.17) is 18.8 Å². The summed E-state index contributed by atoms with van der Waals surface area (Å²) in [5, 5.41) is 4.79. The highest BCUT2D eigenvalue weighted by Crippen LogP contribution is 2.43. The van der Waals surface area contributed by atoms with E-state index in [-0.39, 0.29) is 24.2 Å². The lowest BCUT2D eigenvalue weighted by Crippen LogP contribution is -2.44. The van der Waals surface area contributed by atoms with E-state index in [1.165, 1.54) is 0 Å². The maximum Gasteiger partial charge on any atom is 0.490 e. The van der Waals surface area contributed by atoms with E-state index < -0.39 is 13.1 Å². The topological polar surface area (TPSA) is 58.0 Å². The smallest absolute Gasteiger partial charge is 0.490 e. The first-order valence-electron chi connectivity index (χ1n) is 17.2. The molecule has 1 aromatic heterocycles. The maximum atomic E-state index is 15.5. The predicted molar refractivity (Wildman–Crippen MR) is 176 cm³/mol. The number of rotatable bonds is 10. The molecule has 2 atom stereocenters. The van der Waals surface area contributed by atoms with Crippen molar-refractivity contribution in [3.8, 4) is 5.75 Å². The molecule has 7 nitrogen and oxygen atoms in total. The van der Waals surface area contributed by atoms with Crippen molar-refractivity contribution < 1.29 is 27.6 Å². The van der Waals surface area contributed by atoms with Gasteiger partial charge >= 0.3 is 7.12 Å². The summed E-state index contributed by atoms with van der Waals surface area (Å²) in [5.74, 6) is 0.781. The summed E-state index contributed by atoms with van der Waals surface area (Å²) in [4.78, 5) is 2.27. The Morgan fingerprint density at radius 3 is 2.46 bits per heavy atom. The zero-order chi connectivity index (χ0) is 31.7. The zero-order valence-electron chi connectivity index (χ0n) is 27.2. The molecule has 0 N–H and O–H groups in total. The van der Waals surface area contributed by atoms with E-state index >= 15 is 4.39 Å². The number of hydrogen-bond acceptors (Lipinski definition) is 6. The summed E-state index contributed by atoms with van der Waals surface area (Å²) in [6.07, 6.45) is 6.86. The van der Waals surface area contributed by atoms with Crippen molar-refractivity contribution in [2.75, 3.05) is 52.7 Å². The monoisotopic (exact) mass is 633 g/mol. The lowest BCUT2D eigenvalue weighted by Gasteiger charge is -2.39. The third-order valence-electron chi connectivity index (χ3n) is 10.1. The second kappa shape index (κ2) is 13.8. The quantitative estimate of drug-likeness (QED) is 0.220. The van der Waals surface area contributed by atoms with Crippen LogP contribution < -0.4 is 4.74 Å². The van der Waals surface area contributed by atoms with Crippen molar-refractivity contribution in [1.29, 1.82) is 0 Å². The van der Waals surface area contributed by atoms with Crippen molar-refractivity contribution in [3.05, 3.63) is 65.0 Å². The lowest BCUT2D eigenvalue weighted by molar-refractivity contribution is -0.0375. The van der Waals surface area contributed by atoms with Crippen molar-refractivity contribution in [1.82, 2.24) is 14.7 Å². The molecular formula is C36H46BF2N3O4. The normalized spacial score (nSPS) is 24.7. The van der Waals surface area contributed by atoms with E-state index in [0.29, 0.717) is 37.7 Å². The first kappa shape index (κ1) is 31.8. The highest BCUT2D eigenvalue weighted by Gasteiger charge is 2.41. The predicted octanol–water partition coefficient (Wildman–Crippen LogP) is 7.25. The van der Waals surface area contributed by atoms with Crippen LogP contribution in [0.25, 0.3) is 16.5 Å². The Balaban J connectivity index is 1.22. The van der Waals surface area contributed by atoms with Crippen LogP contribution in [0, 0.1) is 23.2 Å². The minimum atomic E-state index is -0.484. The molecule has 4 heterocycles. The minimum Gasteiger partial charge on any atom is -0.492 e. The van der Waals surface area contributed by atoms with Crippen LogP contribution in [0.4, 0.5) is 8.78 Å². The number of ether oxygens (including phenoxy) is 2. The fourth-order valence-electron chi connectivity index (χ4n) is 7.25. The molecule has 1 saturated carbocycles. The highest BCUT2D eigenvalue weighted by molar-refractivity contribution is 6.56. The molecule has 2 aromatic carbocycles. The first-order chi connectivity index (χ1) is 22.4. The van der Waals surface area contributed by atoms with Crippen LogP contribution in [-0.2, 0) is 14.0 Å². The Hall–Kier alpha value is -2.79. The van der Waals surface area contributed by atoms with E-state index in [0.717, 1.165) is 98.0 Å². The third kappa shape index (κ3) is 6.77. The number of fused-ring (bicyclic) bond motifs is 1. The summed E-state index contributed by atoms with van der Waals surface area (Å²) in [7, 11) is -0.461. The maximum absolute atomic E-state index is 15.5. The number of benzene rings is 2. The third-order valence-corrected chi connectivity index (χ3v) is 10.1. The van der Waals surface area contributed by atoms with Crippen LogP contribution >= 0.6 is 0 Å². The van der Waals surface area contributed by atoms with Crippen LogP contribution in [-0.4, -0.2) is 74.5 Å². The number of likely N-dealkylation sites (tertiary alicyclic amines) is 1. The zero-order valence-corrected chi connectivity index (χ0v) is 27.2. The van der Waals surface area contributed by atoms with Crippen molar-refractivity contribution >= 4 is 23.6 Å². The van der Waals surface area contributed by atoms with Gasteiger partial charge in [0.1, 0.15) is 12.4 Å². The second-order valence-corrected chi connectivity index (χ2v) is 14.3. The fourth-order valence-corrected chi connectivity index (χ4v) is 7.25. The molecular weight excluding hydrogens is 587 g/mol. The van der Waals surface area contributed by atoms with Crippen LogP contribution in [0.5, 0.6) is 5.75 Å². The molecule has 0 amide bonds. The molecule has 1 aliphatic carbocycles.